The minimum atomic E-state index is 0.788. The van der Waals surface area contributed by atoms with E-state index in [-0.39, 0.29) is 0 Å². The number of hydrogen-bond donors (Lipinski definition) is 2. The van der Waals surface area contributed by atoms with Gasteiger partial charge in [0.15, 0.2) is 0 Å². The highest BCUT2D eigenvalue weighted by Gasteiger charge is 2.12. The van der Waals surface area contributed by atoms with Crippen molar-refractivity contribution in [2.24, 2.45) is 0 Å². The van der Waals surface area contributed by atoms with Crippen molar-refractivity contribution in [3.05, 3.63) is 36.9 Å². The summed E-state index contributed by atoms with van der Waals surface area (Å²) >= 11 is 0. The summed E-state index contributed by atoms with van der Waals surface area (Å²) in [7, 11) is 0. The Bertz CT molecular complexity index is 524. The molecule has 2 N–H and O–H groups in total. The van der Waals surface area contributed by atoms with Crippen LogP contribution in [0.15, 0.2) is 36.9 Å². The summed E-state index contributed by atoms with van der Waals surface area (Å²) in [4.78, 5) is 14.9. The first-order valence-electron chi connectivity index (χ1n) is 6.36. The zero-order chi connectivity index (χ0) is 12.9. The fourth-order valence-corrected chi connectivity index (χ4v) is 2.07. The van der Waals surface area contributed by atoms with E-state index >= 15 is 0 Å². The number of piperazine rings is 1. The maximum Gasteiger partial charge on any atom is 0.135 e. The highest BCUT2D eigenvalue weighted by molar-refractivity contribution is 5.58. The number of rotatable bonds is 3. The number of anilines is 3. The average molecular weight is 256 g/mol. The molecule has 2 aromatic rings. The van der Waals surface area contributed by atoms with Gasteiger partial charge >= 0.3 is 0 Å². The van der Waals surface area contributed by atoms with Crippen LogP contribution in [0.5, 0.6) is 0 Å². The van der Waals surface area contributed by atoms with Crippen molar-refractivity contribution in [3.8, 4) is 0 Å². The first kappa shape index (κ1) is 11.9. The molecule has 0 aliphatic carbocycles. The van der Waals surface area contributed by atoms with Gasteiger partial charge in [-0.3, -0.25) is 4.98 Å². The van der Waals surface area contributed by atoms with Crippen molar-refractivity contribution in [1.29, 1.82) is 0 Å². The van der Waals surface area contributed by atoms with Gasteiger partial charge in [-0.25, -0.2) is 9.97 Å². The monoisotopic (exact) mass is 256 g/mol. The van der Waals surface area contributed by atoms with E-state index in [2.05, 4.69) is 30.5 Å². The number of hydrogen-bond acceptors (Lipinski definition) is 6. The number of pyridine rings is 1. The summed E-state index contributed by atoms with van der Waals surface area (Å²) in [5.74, 6) is 1.75. The van der Waals surface area contributed by atoms with Gasteiger partial charge in [-0.1, -0.05) is 0 Å². The summed E-state index contributed by atoms with van der Waals surface area (Å²) in [6, 6.07) is 5.82. The van der Waals surface area contributed by atoms with E-state index in [0.29, 0.717) is 0 Å². The molecule has 6 nitrogen and oxygen atoms in total. The van der Waals surface area contributed by atoms with Gasteiger partial charge in [0.25, 0.3) is 0 Å². The standard InChI is InChI=1S/C13H16N6/c1-2-11(9-15-3-1)18-12-8-13(17-10-16-12)19-6-4-14-5-7-19/h1-3,8-10,14H,4-7H2,(H,16,17,18). The molecule has 1 fully saturated rings. The van der Waals surface area contributed by atoms with Crippen LogP contribution in [0.3, 0.4) is 0 Å². The molecule has 3 rings (SSSR count). The molecule has 0 unspecified atom stereocenters. The first-order valence-corrected chi connectivity index (χ1v) is 6.36. The quantitative estimate of drug-likeness (QED) is 0.855. The van der Waals surface area contributed by atoms with Gasteiger partial charge in [-0.05, 0) is 12.1 Å². The molecule has 2 aromatic heterocycles. The van der Waals surface area contributed by atoms with Crippen LogP contribution in [-0.2, 0) is 0 Å². The molecule has 0 aromatic carbocycles. The SMILES string of the molecule is c1cncc(Nc2cc(N3CCNCC3)ncn2)c1. The minimum absolute atomic E-state index is 0.788. The Morgan fingerprint density at radius 1 is 1.21 bits per heavy atom. The van der Waals surface area contributed by atoms with Gasteiger partial charge in [0, 0.05) is 38.4 Å². The lowest BCUT2D eigenvalue weighted by atomic mass is 10.3. The van der Waals surface area contributed by atoms with Crippen LogP contribution >= 0.6 is 0 Å². The predicted octanol–water partition coefficient (Wildman–Crippen LogP) is 1.02. The van der Waals surface area contributed by atoms with Crippen molar-refractivity contribution in [2.75, 3.05) is 36.4 Å². The van der Waals surface area contributed by atoms with Gasteiger partial charge in [0.2, 0.25) is 0 Å². The fourth-order valence-electron chi connectivity index (χ4n) is 2.07. The van der Waals surface area contributed by atoms with E-state index < -0.39 is 0 Å². The molecule has 0 spiro atoms. The van der Waals surface area contributed by atoms with Crippen LogP contribution in [-0.4, -0.2) is 41.1 Å². The Kier molecular flexibility index (Phi) is 3.51. The number of nitrogens with one attached hydrogen (secondary N) is 2. The zero-order valence-electron chi connectivity index (χ0n) is 10.6. The number of nitrogens with zero attached hydrogens (tertiary/aromatic N) is 4. The first-order chi connectivity index (χ1) is 9.42. The maximum atomic E-state index is 4.34. The minimum Gasteiger partial charge on any atom is -0.354 e. The summed E-state index contributed by atoms with van der Waals surface area (Å²) < 4.78 is 0. The highest BCUT2D eigenvalue weighted by Crippen LogP contribution is 2.17. The highest BCUT2D eigenvalue weighted by atomic mass is 15.2. The Balaban J connectivity index is 1.76. The Hall–Kier alpha value is -2.21. The van der Waals surface area contributed by atoms with E-state index in [0.717, 1.165) is 43.5 Å². The largest absolute Gasteiger partial charge is 0.354 e. The van der Waals surface area contributed by atoms with Crippen molar-refractivity contribution in [3.63, 3.8) is 0 Å². The third kappa shape index (κ3) is 2.97. The van der Waals surface area contributed by atoms with Crippen molar-refractivity contribution in [1.82, 2.24) is 20.3 Å². The van der Waals surface area contributed by atoms with E-state index in [9.17, 15) is 0 Å². The molecule has 3 heterocycles. The van der Waals surface area contributed by atoms with Gasteiger partial charge in [-0.2, -0.15) is 0 Å². The van der Waals surface area contributed by atoms with E-state index in [1.54, 1.807) is 18.7 Å². The van der Waals surface area contributed by atoms with Gasteiger partial charge < -0.3 is 15.5 Å². The van der Waals surface area contributed by atoms with E-state index in [1.165, 1.54) is 0 Å². The summed E-state index contributed by atoms with van der Waals surface area (Å²) in [5, 5.41) is 6.56. The second kappa shape index (κ2) is 5.62. The molecule has 0 radical (unpaired) electrons. The normalized spacial score (nSPS) is 15.3. The summed E-state index contributed by atoms with van der Waals surface area (Å²) in [5.41, 5.74) is 0.924. The Morgan fingerprint density at radius 2 is 2.11 bits per heavy atom. The third-order valence-electron chi connectivity index (χ3n) is 3.03. The molecule has 6 heteroatoms. The zero-order valence-corrected chi connectivity index (χ0v) is 10.6. The average Bonchev–Trinajstić information content (AvgIpc) is 2.49. The molecular weight excluding hydrogens is 240 g/mol. The molecule has 0 amide bonds. The molecule has 0 saturated carbocycles. The fraction of sp³-hybridized carbons (Fsp3) is 0.308. The third-order valence-corrected chi connectivity index (χ3v) is 3.03. The summed E-state index contributed by atoms with van der Waals surface area (Å²) in [6.07, 6.45) is 5.11. The maximum absolute atomic E-state index is 4.34. The van der Waals surface area contributed by atoms with Crippen LogP contribution in [0.2, 0.25) is 0 Å². The smallest absolute Gasteiger partial charge is 0.135 e. The molecule has 98 valence electrons. The lowest BCUT2D eigenvalue weighted by Gasteiger charge is -2.28. The number of aromatic nitrogens is 3. The molecule has 0 bridgehead atoms. The van der Waals surface area contributed by atoms with Crippen LogP contribution in [0.4, 0.5) is 17.3 Å². The van der Waals surface area contributed by atoms with E-state index in [4.69, 9.17) is 0 Å². The van der Waals surface area contributed by atoms with Crippen LogP contribution in [0.1, 0.15) is 0 Å². The topological polar surface area (TPSA) is 66.0 Å². The lowest BCUT2D eigenvalue weighted by Crippen LogP contribution is -2.43. The lowest BCUT2D eigenvalue weighted by molar-refractivity contribution is 0.584. The van der Waals surface area contributed by atoms with Crippen LogP contribution in [0, 0.1) is 0 Å². The Morgan fingerprint density at radius 3 is 2.89 bits per heavy atom. The summed E-state index contributed by atoms with van der Waals surface area (Å²) in [6.45, 7) is 3.94. The Labute approximate surface area is 111 Å². The molecule has 1 aliphatic rings. The van der Waals surface area contributed by atoms with Crippen LogP contribution < -0.4 is 15.5 Å². The van der Waals surface area contributed by atoms with Crippen LogP contribution in [0.25, 0.3) is 0 Å². The van der Waals surface area contributed by atoms with Crippen molar-refractivity contribution >= 4 is 17.3 Å². The van der Waals surface area contributed by atoms with Gasteiger partial charge in [0.1, 0.15) is 18.0 Å². The predicted molar refractivity (Wildman–Crippen MR) is 74.6 cm³/mol. The van der Waals surface area contributed by atoms with Crippen molar-refractivity contribution < 1.29 is 0 Å². The molecular formula is C13H16N6. The molecule has 0 atom stereocenters. The van der Waals surface area contributed by atoms with Crippen molar-refractivity contribution in [2.45, 2.75) is 0 Å². The van der Waals surface area contributed by atoms with Gasteiger partial charge in [0.05, 0.1) is 11.9 Å². The molecule has 19 heavy (non-hydrogen) atoms. The van der Waals surface area contributed by atoms with E-state index in [1.807, 2.05) is 18.2 Å². The second-order valence-electron chi connectivity index (χ2n) is 4.37. The molecule has 1 aliphatic heterocycles. The second-order valence-corrected chi connectivity index (χ2v) is 4.37. The van der Waals surface area contributed by atoms with Gasteiger partial charge in [-0.15, -0.1) is 0 Å². The molecule has 1 saturated heterocycles.